The Balaban J connectivity index is 2.35. The van der Waals surface area contributed by atoms with Crippen LogP contribution in [0.15, 0.2) is 0 Å². The molecule has 1 rings (SSSR count). The minimum atomic E-state index is -0.790. The van der Waals surface area contributed by atoms with Crippen LogP contribution in [0.25, 0.3) is 0 Å². The van der Waals surface area contributed by atoms with Gasteiger partial charge in [-0.2, -0.15) is 0 Å². The number of carbonyl (C=O) groups is 2. The van der Waals surface area contributed by atoms with Crippen LogP contribution in [0.1, 0.15) is 45.4 Å². The van der Waals surface area contributed by atoms with Crippen molar-refractivity contribution in [2.24, 2.45) is 5.41 Å². The van der Waals surface area contributed by atoms with Crippen molar-refractivity contribution in [3.05, 3.63) is 0 Å². The fraction of sp³-hybridized carbons (Fsp3) is 0.867. The first-order valence-electron chi connectivity index (χ1n) is 7.81. The van der Waals surface area contributed by atoms with Gasteiger partial charge in [-0.25, -0.2) is 4.79 Å². The van der Waals surface area contributed by atoms with E-state index in [0.29, 0.717) is 32.5 Å². The van der Waals surface area contributed by atoms with Gasteiger partial charge in [0, 0.05) is 33.4 Å². The van der Waals surface area contributed by atoms with E-state index in [2.05, 4.69) is 5.32 Å². The summed E-state index contributed by atoms with van der Waals surface area (Å²) in [5, 5.41) is 12.3. The summed E-state index contributed by atoms with van der Waals surface area (Å²) in [4.78, 5) is 25.2. The highest BCUT2D eigenvalue weighted by molar-refractivity contribution is 5.78. The van der Waals surface area contributed by atoms with Crippen LogP contribution in [0.2, 0.25) is 0 Å². The molecule has 0 spiro atoms. The molecule has 1 aliphatic heterocycles. The Morgan fingerprint density at radius 1 is 1.33 bits per heavy atom. The Kier molecular flexibility index (Phi) is 7.50. The second kappa shape index (κ2) is 8.87. The molecule has 0 radical (unpaired) electrons. The predicted octanol–water partition coefficient (Wildman–Crippen LogP) is 2.09. The number of likely N-dealkylation sites (tertiary alicyclic amines) is 1. The number of nitrogens with zero attached hydrogens (tertiary/aromatic N) is 1. The standard InChI is InChI=1S/C15H28N2O4/c1-3-15(13(18)19)8-7-10-17(12-15)14(20)16-9-5-4-6-11-21-2/h3-12H2,1-2H3,(H,16,20)(H,18,19). The summed E-state index contributed by atoms with van der Waals surface area (Å²) in [7, 11) is 1.68. The molecule has 6 heteroatoms. The zero-order valence-electron chi connectivity index (χ0n) is 13.2. The van der Waals surface area contributed by atoms with Crippen molar-refractivity contribution in [1.82, 2.24) is 10.2 Å². The number of rotatable bonds is 8. The van der Waals surface area contributed by atoms with E-state index >= 15 is 0 Å². The number of amides is 2. The molecule has 0 aromatic heterocycles. The maximum Gasteiger partial charge on any atom is 0.317 e. The molecule has 0 saturated carbocycles. The number of ether oxygens (including phenoxy) is 1. The van der Waals surface area contributed by atoms with Crippen molar-refractivity contribution in [2.45, 2.75) is 45.4 Å². The van der Waals surface area contributed by atoms with Crippen LogP contribution in [0, 0.1) is 5.41 Å². The van der Waals surface area contributed by atoms with Gasteiger partial charge in [0.1, 0.15) is 0 Å². The van der Waals surface area contributed by atoms with Gasteiger partial charge in [-0.3, -0.25) is 4.79 Å². The summed E-state index contributed by atoms with van der Waals surface area (Å²) in [6.07, 6.45) is 4.89. The van der Waals surface area contributed by atoms with E-state index in [-0.39, 0.29) is 6.03 Å². The van der Waals surface area contributed by atoms with E-state index in [9.17, 15) is 14.7 Å². The number of hydrogen-bond acceptors (Lipinski definition) is 3. The smallest absolute Gasteiger partial charge is 0.317 e. The van der Waals surface area contributed by atoms with Crippen molar-refractivity contribution in [3.63, 3.8) is 0 Å². The summed E-state index contributed by atoms with van der Waals surface area (Å²) in [5.41, 5.74) is -0.770. The van der Waals surface area contributed by atoms with Crippen molar-refractivity contribution in [2.75, 3.05) is 33.4 Å². The summed E-state index contributed by atoms with van der Waals surface area (Å²) in [6.45, 7) is 4.22. The number of nitrogens with one attached hydrogen (secondary N) is 1. The van der Waals surface area contributed by atoms with Crippen molar-refractivity contribution < 1.29 is 19.4 Å². The van der Waals surface area contributed by atoms with Crippen LogP contribution in [0.5, 0.6) is 0 Å². The van der Waals surface area contributed by atoms with Gasteiger partial charge in [0.05, 0.1) is 5.41 Å². The van der Waals surface area contributed by atoms with Crippen LogP contribution in [-0.4, -0.2) is 55.4 Å². The van der Waals surface area contributed by atoms with Crippen LogP contribution in [0.4, 0.5) is 4.79 Å². The van der Waals surface area contributed by atoms with Crippen LogP contribution in [-0.2, 0) is 9.53 Å². The Morgan fingerprint density at radius 3 is 2.71 bits per heavy atom. The van der Waals surface area contributed by atoms with Gasteiger partial charge in [-0.15, -0.1) is 0 Å². The third kappa shape index (κ3) is 5.19. The zero-order chi connectivity index (χ0) is 15.7. The Morgan fingerprint density at radius 2 is 2.10 bits per heavy atom. The lowest BCUT2D eigenvalue weighted by atomic mass is 9.78. The summed E-state index contributed by atoms with van der Waals surface area (Å²) < 4.78 is 4.97. The maximum absolute atomic E-state index is 12.1. The maximum atomic E-state index is 12.1. The SMILES string of the molecule is CCC1(C(=O)O)CCCN(C(=O)NCCCCCOC)C1. The molecular formula is C15H28N2O4. The van der Waals surface area contributed by atoms with Gasteiger partial charge in [0.25, 0.3) is 0 Å². The van der Waals surface area contributed by atoms with Gasteiger partial charge >= 0.3 is 12.0 Å². The number of carboxylic acids is 1. The molecule has 1 unspecified atom stereocenters. The quantitative estimate of drug-likeness (QED) is 0.673. The van der Waals surface area contributed by atoms with E-state index in [4.69, 9.17) is 4.74 Å². The number of hydrogen-bond donors (Lipinski definition) is 2. The Hall–Kier alpha value is -1.30. The molecule has 1 saturated heterocycles. The molecule has 1 atom stereocenters. The van der Waals surface area contributed by atoms with Crippen LogP contribution in [0.3, 0.4) is 0 Å². The summed E-state index contributed by atoms with van der Waals surface area (Å²) in [6, 6.07) is -0.138. The number of unbranched alkanes of at least 4 members (excludes halogenated alkanes) is 2. The fourth-order valence-corrected chi connectivity index (χ4v) is 2.77. The van der Waals surface area contributed by atoms with Crippen molar-refractivity contribution in [1.29, 1.82) is 0 Å². The molecule has 122 valence electrons. The average molecular weight is 300 g/mol. The molecule has 6 nitrogen and oxygen atoms in total. The third-order valence-corrected chi connectivity index (χ3v) is 4.30. The second-order valence-corrected chi connectivity index (χ2v) is 5.75. The highest BCUT2D eigenvalue weighted by atomic mass is 16.5. The van der Waals surface area contributed by atoms with E-state index in [1.807, 2.05) is 6.92 Å². The monoisotopic (exact) mass is 300 g/mol. The lowest BCUT2D eigenvalue weighted by Gasteiger charge is -2.39. The zero-order valence-corrected chi connectivity index (χ0v) is 13.2. The predicted molar refractivity (Wildman–Crippen MR) is 80.3 cm³/mol. The van der Waals surface area contributed by atoms with E-state index in [1.165, 1.54) is 0 Å². The fourth-order valence-electron chi connectivity index (χ4n) is 2.77. The Labute approximate surface area is 126 Å². The lowest BCUT2D eigenvalue weighted by Crippen LogP contribution is -2.52. The third-order valence-electron chi connectivity index (χ3n) is 4.30. The van der Waals surface area contributed by atoms with Gasteiger partial charge in [-0.1, -0.05) is 6.92 Å². The topological polar surface area (TPSA) is 78.9 Å². The first-order valence-corrected chi connectivity index (χ1v) is 7.81. The number of urea groups is 1. The van der Waals surface area contributed by atoms with Gasteiger partial charge in [0.2, 0.25) is 0 Å². The highest BCUT2D eigenvalue weighted by Gasteiger charge is 2.42. The number of carboxylic acid groups (broad SMARTS) is 1. The van der Waals surface area contributed by atoms with E-state index < -0.39 is 11.4 Å². The highest BCUT2D eigenvalue weighted by Crippen LogP contribution is 2.33. The van der Waals surface area contributed by atoms with Crippen LogP contribution >= 0.6 is 0 Å². The minimum Gasteiger partial charge on any atom is -0.481 e. The minimum absolute atomic E-state index is 0.138. The van der Waals surface area contributed by atoms with Gasteiger partial charge in [-0.05, 0) is 38.5 Å². The molecule has 1 fully saturated rings. The molecule has 0 aromatic rings. The van der Waals surface area contributed by atoms with E-state index in [0.717, 1.165) is 32.3 Å². The molecular weight excluding hydrogens is 272 g/mol. The lowest BCUT2D eigenvalue weighted by molar-refractivity contribution is -0.152. The first kappa shape index (κ1) is 17.8. The number of carbonyl (C=O) groups excluding carboxylic acids is 1. The number of methoxy groups -OCH3 is 1. The number of aliphatic carboxylic acids is 1. The average Bonchev–Trinajstić information content (AvgIpc) is 2.50. The second-order valence-electron chi connectivity index (χ2n) is 5.75. The van der Waals surface area contributed by atoms with Crippen LogP contribution < -0.4 is 5.32 Å². The molecule has 0 bridgehead atoms. The molecule has 1 aliphatic rings. The van der Waals surface area contributed by atoms with E-state index in [1.54, 1.807) is 12.0 Å². The largest absolute Gasteiger partial charge is 0.481 e. The molecule has 2 N–H and O–H groups in total. The molecule has 2 amide bonds. The summed E-state index contributed by atoms with van der Waals surface area (Å²) >= 11 is 0. The molecule has 0 aliphatic carbocycles. The van der Waals surface area contributed by atoms with Gasteiger partial charge in [0.15, 0.2) is 0 Å². The van der Waals surface area contributed by atoms with Crippen molar-refractivity contribution in [3.8, 4) is 0 Å². The molecule has 1 heterocycles. The number of piperidine rings is 1. The van der Waals surface area contributed by atoms with Gasteiger partial charge < -0.3 is 20.1 Å². The molecule has 0 aromatic carbocycles. The summed E-state index contributed by atoms with van der Waals surface area (Å²) in [5.74, 6) is -0.790. The van der Waals surface area contributed by atoms with Crippen molar-refractivity contribution >= 4 is 12.0 Å². The normalized spacial score (nSPS) is 22.1. The Bertz CT molecular complexity index is 349. The first-order chi connectivity index (χ1) is 10.1. The molecule has 21 heavy (non-hydrogen) atoms.